The summed E-state index contributed by atoms with van der Waals surface area (Å²) in [7, 11) is 1.94. The van der Waals surface area contributed by atoms with Crippen LogP contribution in [0, 0.1) is 5.82 Å². The molecule has 24 heavy (non-hydrogen) atoms. The van der Waals surface area contributed by atoms with Gasteiger partial charge < -0.3 is 16.2 Å². The quantitative estimate of drug-likeness (QED) is 0.614. The van der Waals surface area contributed by atoms with Gasteiger partial charge in [-0.05, 0) is 31.5 Å². The minimum absolute atomic E-state index is 0.100. The molecule has 1 amide bonds. The molecule has 1 aromatic rings. The van der Waals surface area contributed by atoms with Crippen LogP contribution in [-0.4, -0.2) is 53.7 Å². The number of amides is 1. The van der Waals surface area contributed by atoms with Gasteiger partial charge in [0.15, 0.2) is 0 Å². The molecule has 1 saturated heterocycles. The molecule has 5 N–H and O–H groups in total. The smallest absolute Gasteiger partial charge is 0.322 e. The molecule has 0 spiro atoms. The fourth-order valence-corrected chi connectivity index (χ4v) is 3.05. The molecular weight excluding hydrogens is 315 g/mol. The Balaban J connectivity index is 2.19. The van der Waals surface area contributed by atoms with Gasteiger partial charge in [0.2, 0.25) is 0 Å². The molecule has 1 aliphatic rings. The summed E-state index contributed by atoms with van der Waals surface area (Å²) < 4.78 is 14.0. The number of hydrogen-bond donors (Lipinski definition) is 4. The Hall–Kier alpha value is -2.03. The lowest BCUT2D eigenvalue weighted by atomic mass is 9.87. The van der Waals surface area contributed by atoms with E-state index in [1.165, 1.54) is 12.1 Å². The van der Waals surface area contributed by atoms with Gasteiger partial charge in [-0.2, -0.15) is 0 Å². The average Bonchev–Trinajstić information content (AvgIpc) is 2.78. The Bertz CT molecular complexity index is 640. The highest BCUT2D eigenvalue weighted by Crippen LogP contribution is 2.31. The van der Waals surface area contributed by atoms with Crippen LogP contribution < -0.4 is 16.5 Å². The third-order valence-electron chi connectivity index (χ3n) is 4.50. The molecule has 0 bridgehead atoms. The average molecular weight is 338 g/mol. The third kappa shape index (κ3) is 3.72. The molecule has 4 atom stereocenters. The molecule has 0 aliphatic carbocycles. The van der Waals surface area contributed by atoms with Gasteiger partial charge in [0.05, 0.1) is 5.56 Å². The minimum atomic E-state index is -1.23. The lowest BCUT2D eigenvalue weighted by molar-refractivity contribution is -0.138. The Labute approximate surface area is 140 Å². The number of carbonyl (C=O) groups excluding carboxylic acids is 1. The summed E-state index contributed by atoms with van der Waals surface area (Å²) in [4.78, 5) is 22.8. The molecule has 7 nitrogen and oxygen atoms in total. The zero-order chi connectivity index (χ0) is 18.0. The molecule has 1 heterocycles. The van der Waals surface area contributed by atoms with Crippen molar-refractivity contribution in [3.05, 3.63) is 35.1 Å². The van der Waals surface area contributed by atoms with Crippen molar-refractivity contribution in [1.82, 2.24) is 15.8 Å². The number of carboxylic acids is 1. The highest BCUT2D eigenvalue weighted by molar-refractivity contribution is 5.95. The lowest BCUT2D eigenvalue weighted by Gasteiger charge is -2.21. The highest BCUT2D eigenvalue weighted by Gasteiger charge is 2.35. The van der Waals surface area contributed by atoms with Crippen LogP contribution in [0.25, 0.3) is 0 Å². The summed E-state index contributed by atoms with van der Waals surface area (Å²) >= 11 is 0. The van der Waals surface area contributed by atoms with Gasteiger partial charge in [0.25, 0.3) is 5.91 Å². The largest absolute Gasteiger partial charge is 0.480 e. The molecule has 0 radical (unpaired) electrons. The maximum Gasteiger partial charge on any atom is 0.322 e. The van der Waals surface area contributed by atoms with Crippen molar-refractivity contribution in [2.24, 2.45) is 5.73 Å². The molecule has 1 aromatic carbocycles. The first-order valence-corrected chi connectivity index (χ1v) is 7.77. The number of rotatable bonds is 5. The van der Waals surface area contributed by atoms with E-state index in [0.717, 1.165) is 5.56 Å². The molecule has 3 unspecified atom stereocenters. The number of benzene rings is 1. The van der Waals surface area contributed by atoms with E-state index in [1.54, 1.807) is 6.07 Å². The van der Waals surface area contributed by atoms with Crippen molar-refractivity contribution in [2.75, 3.05) is 13.6 Å². The highest BCUT2D eigenvalue weighted by atomic mass is 19.1. The first-order chi connectivity index (χ1) is 11.2. The number of nitrogens with two attached hydrogens (primary N) is 1. The molecular formula is C16H23FN4O3. The van der Waals surface area contributed by atoms with E-state index in [-0.39, 0.29) is 30.1 Å². The first-order valence-electron chi connectivity index (χ1n) is 7.77. The van der Waals surface area contributed by atoms with Crippen LogP contribution in [0.5, 0.6) is 0 Å². The predicted molar refractivity (Wildman–Crippen MR) is 86.9 cm³/mol. The molecule has 8 heteroatoms. The van der Waals surface area contributed by atoms with Crippen LogP contribution in [0.3, 0.4) is 0 Å². The molecule has 132 valence electrons. The molecule has 0 saturated carbocycles. The number of nitrogens with zero attached hydrogens (tertiary/aromatic N) is 1. The first kappa shape index (κ1) is 18.3. The van der Waals surface area contributed by atoms with E-state index in [9.17, 15) is 14.0 Å². The lowest BCUT2D eigenvalue weighted by Crippen LogP contribution is -2.42. The number of carboxylic acid groups (broad SMARTS) is 1. The maximum atomic E-state index is 14.0. The van der Waals surface area contributed by atoms with Crippen LogP contribution in [0.4, 0.5) is 4.39 Å². The second-order valence-corrected chi connectivity index (χ2v) is 6.19. The number of likely N-dealkylation sites (N-methyl/N-ethyl adjacent to an activating group) is 1. The van der Waals surface area contributed by atoms with Crippen molar-refractivity contribution in [3.63, 3.8) is 0 Å². The SMILES string of the molecule is CC1NN(C)C(C)C1c1ccc(F)c(C(=O)NC[C@@H](N)C(=O)O)c1. The van der Waals surface area contributed by atoms with Gasteiger partial charge in [-0.25, -0.2) is 9.40 Å². The summed E-state index contributed by atoms with van der Waals surface area (Å²) in [6.07, 6.45) is 0. The van der Waals surface area contributed by atoms with Crippen molar-refractivity contribution >= 4 is 11.9 Å². The Morgan fingerprint density at radius 1 is 1.46 bits per heavy atom. The Morgan fingerprint density at radius 2 is 2.12 bits per heavy atom. The Kier molecular flexibility index (Phi) is 5.53. The van der Waals surface area contributed by atoms with E-state index in [4.69, 9.17) is 10.8 Å². The summed E-state index contributed by atoms with van der Waals surface area (Å²) in [5.74, 6) is -2.46. The number of aliphatic carboxylic acids is 1. The van der Waals surface area contributed by atoms with Gasteiger partial charge in [0.1, 0.15) is 11.9 Å². The van der Waals surface area contributed by atoms with Crippen LogP contribution in [-0.2, 0) is 4.79 Å². The second-order valence-electron chi connectivity index (χ2n) is 6.19. The number of carbonyl (C=O) groups is 2. The van der Waals surface area contributed by atoms with Crippen molar-refractivity contribution in [1.29, 1.82) is 0 Å². The van der Waals surface area contributed by atoms with E-state index >= 15 is 0 Å². The topological polar surface area (TPSA) is 108 Å². The summed E-state index contributed by atoms with van der Waals surface area (Å²) in [5, 5.41) is 13.1. The zero-order valence-electron chi connectivity index (χ0n) is 13.9. The molecule has 2 rings (SSSR count). The standard InChI is InChI=1S/C16H23FN4O3/c1-8-14(9(2)21(3)20-8)10-4-5-12(17)11(6-10)15(22)19-7-13(18)16(23)24/h4-6,8-9,13-14,20H,7,18H2,1-3H3,(H,19,22)(H,23,24)/t8?,9?,13-,14?/m1/s1. The van der Waals surface area contributed by atoms with Crippen LogP contribution in [0.15, 0.2) is 18.2 Å². The predicted octanol–water partition coefficient (Wildman–Crippen LogP) is 0.278. The van der Waals surface area contributed by atoms with E-state index in [1.807, 2.05) is 19.0 Å². The van der Waals surface area contributed by atoms with E-state index in [0.29, 0.717) is 0 Å². The van der Waals surface area contributed by atoms with E-state index in [2.05, 4.69) is 17.7 Å². The Morgan fingerprint density at radius 3 is 2.67 bits per heavy atom. The van der Waals surface area contributed by atoms with Crippen molar-refractivity contribution in [2.45, 2.75) is 37.9 Å². The van der Waals surface area contributed by atoms with E-state index < -0.39 is 23.7 Å². The molecule has 0 aromatic heterocycles. The maximum absolute atomic E-state index is 14.0. The number of hydrogen-bond acceptors (Lipinski definition) is 5. The second kappa shape index (κ2) is 7.25. The number of halogens is 1. The van der Waals surface area contributed by atoms with Crippen LogP contribution in [0.1, 0.15) is 35.7 Å². The van der Waals surface area contributed by atoms with Gasteiger partial charge in [0, 0.05) is 31.6 Å². The van der Waals surface area contributed by atoms with Crippen molar-refractivity contribution < 1.29 is 19.1 Å². The zero-order valence-corrected chi connectivity index (χ0v) is 13.9. The summed E-state index contributed by atoms with van der Waals surface area (Å²) in [5.41, 5.74) is 9.36. The van der Waals surface area contributed by atoms with Crippen LogP contribution >= 0.6 is 0 Å². The third-order valence-corrected chi connectivity index (χ3v) is 4.50. The number of nitrogens with one attached hydrogen (secondary N) is 2. The molecule has 1 fully saturated rings. The van der Waals surface area contributed by atoms with Gasteiger partial charge >= 0.3 is 5.97 Å². The monoisotopic (exact) mass is 338 g/mol. The fourth-order valence-electron chi connectivity index (χ4n) is 3.05. The van der Waals surface area contributed by atoms with Gasteiger partial charge in [-0.15, -0.1) is 0 Å². The van der Waals surface area contributed by atoms with Crippen LogP contribution in [0.2, 0.25) is 0 Å². The fraction of sp³-hybridized carbons (Fsp3) is 0.500. The van der Waals surface area contributed by atoms with Crippen molar-refractivity contribution in [3.8, 4) is 0 Å². The normalized spacial score (nSPS) is 25.5. The van der Waals surface area contributed by atoms with Gasteiger partial charge in [-0.3, -0.25) is 15.0 Å². The number of hydrazine groups is 1. The van der Waals surface area contributed by atoms with Gasteiger partial charge in [-0.1, -0.05) is 6.07 Å². The summed E-state index contributed by atoms with van der Waals surface area (Å²) in [6, 6.07) is 3.56. The summed E-state index contributed by atoms with van der Waals surface area (Å²) in [6.45, 7) is 3.81. The molecule has 1 aliphatic heterocycles. The minimum Gasteiger partial charge on any atom is -0.480 e.